The van der Waals surface area contributed by atoms with Crippen LogP contribution in [0.1, 0.15) is 34.9 Å². The van der Waals surface area contributed by atoms with Crippen molar-refractivity contribution in [3.05, 3.63) is 41.7 Å². The van der Waals surface area contributed by atoms with E-state index in [1.54, 1.807) is 11.8 Å². The van der Waals surface area contributed by atoms with Crippen molar-refractivity contribution in [1.29, 1.82) is 0 Å². The van der Waals surface area contributed by atoms with Crippen molar-refractivity contribution in [1.82, 2.24) is 10.2 Å². The van der Waals surface area contributed by atoms with Crippen LogP contribution < -0.4 is 5.32 Å². The van der Waals surface area contributed by atoms with Crippen LogP contribution in [0.5, 0.6) is 0 Å². The molecule has 1 aromatic carbocycles. The Hall–Kier alpha value is -1.75. The van der Waals surface area contributed by atoms with Gasteiger partial charge in [-0.25, -0.2) is 0 Å². The number of carbonyl (C=O) groups excluding carboxylic acids is 1. The van der Waals surface area contributed by atoms with Crippen LogP contribution in [0.25, 0.3) is 0 Å². The fourth-order valence-corrected chi connectivity index (χ4v) is 2.54. The van der Waals surface area contributed by atoms with Gasteiger partial charge in [-0.3, -0.25) is 9.89 Å². The first kappa shape index (κ1) is 12.3. The van der Waals surface area contributed by atoms with Gasteiger partial charge in [0.2, 0.25) is 0 Å². The summed E-state index contributed by atoms with van der Waals surface area (Å²) in [6.45, 7) is 0. The average Bonchev–Trinajstić information content (AvgIpc) is 3.17. The number of nitrogens with zero attached hydrogens (tertiary/aromatic N) is 1. The van der Waals surface area contributed by atoms with Gasteiger partial charge in [0.1, 0.15) is 0 Å². The van der Waals surface area contributed by atoms with E-state index in [0.29, 0.717) is 11.6 Å². The summed E-state index contributed by atoms with van der Waals surface area (Å²) in [5, 5.41) is 9.94. The maximum atomic E-state index is 12.1. The van der Waals surface area contributed by atoms with E-state index in [4.69, 9.17) is 0 Å². The molecule has 1 heterocycles. The number of nitrogens with one attached hydrogen (secondary N) is 2. The molecular weight excluding hydrogens is 258 g/mol. The lowest BCUT2D eigenvalue weighted by Gasteiger charge is -2.07. The molecule has 1 aliphatic carbocycles. The fraction of sp³-hybridized carbons (Fsp3) is 0.286. The Balaban J connectivity index is 1.76. The minimum Gasteiger partial charge on any atom is -0.320 e. The normalized spacial score (nSPS) is 14.4. The van der Waals surface area contributed by atoms with Gasteiger partial charge in [-0.05, 0) is 37.3 Å². The molecule has 0 aliphatic heterocycles. The summed E-state index contributed by atoms with van der Waals surface area (Å²) in [7, 11) is 0. The van der Waals surface area contributed by atoms with Crippen molar-refractivity contribution >= 4 is 23.4 Å². The number of benzene rings is 1. The number of H-pyrrole nitrogens is 1. The second kappa shape index (κ2) is 5.09. The Bertz CT molecular complexity index is 604. The number of carbonyl (C=O) groups is 1. The maximum Gasteiger partial charge on any atom is 0.276 e. The fourth-order valence-electron chi connectivity index (χ4n) is 1.99. The van der Waals surface area contributed by atoms with Gasteiger partial charge in [-0.15, -0.1) is 11.8 Å². The molecule has 5 heteroatoms. The lowest BCUT2D eigenvalue weighted by molar-refractivity contribution is 0.102. The van der Waals surface area contributed by atoms with E-state index in [1.807, 2.05) is 36.6 Å². The molecule has 1 aliphatic rings. The minimum atomic E-state index is -0.162. The number of rotatable bonds is 4. The second-order valence-electron chi connectivity index (χ2n) is 4.64. The molecular formula is C14H15N3OS. The number of aromatic nitrogens is 2. The molecule has 1 saturated carbocycles. The first-order valence-electron chi connectivity index (χ1n) is 6.27. The molecule has 2 N–H and O–H groups in total. The summed E-state index contributed by atoms with van der Waals surface area (Å²) in [6.07, 6.45) is 4.38. The number of para-hydroxylation sites is 1. The van der Waals surface area contributed by atoms with Gasteiger partial charge in [0.05, 0.1) is 5.69 Å². The Morgan fingerprint density at radius 2 is 2.21 bits per heavy atom. The van der Waals surface area contributed by atoms with Crippen LogP contribution in [0.15, 0.2) is 35.2 Å². The van der Waals surface area contributed by atoms with Gasteiger partial charge in [0.25, 0.3) is 5.91 Å². The quantitative estimate of drug-likeness (QED) is 0.841. The first-order valence-corrected chi connectivity index (χ1v) is 7.50. The second-order valence-corrected chi connectivity index (χ2v) is 5.49. The van der Waals surface area contributed by atoms with Crippen LogP contribution in [0.3, 0.4) is 0 Å². The number of aromatic amines is 1. The van der Waals surface area contributed by atoms with E-state index in [-0.39, 0.29) is 5.91 Å². The Labute approximate surface area is 116 Å². The summed E-state index contributed by atoms with van der Waals surface area (Å²) >= 11 is 1.61. The zero-order valence-electron chi connectivity index (χ0n) is 10.6. The molecule has 0 saturated heterocycles. The lowest BCUT2D eigenvalue weighted by atomic mass is 10.2. The summed E-state index contributed by atoms with van der Waals surface area (Å²) in [5.74, 6) is 0.414. The number of hydrogen-bond donors (Lipinski definition) is 2. The molecule has 0 bridgehead atoms. The van der Waals surface area contributed by atoms with Crippen LogP contribution in [-0.4, -0.2) is 22.4 Å². The van der Waals surface area contributed by atoms with Gasteiger partial charge >= 0.3 is 0 Å². The highest BCUT2D eigenvalue weighted by atomic mass is 32.2. The van der Waals surface area contributed by atoms with E-state index in [9.17, 15) is 4.79 Å². The Morgan fingerprint density at radius 3 is 2.95 bits per heavy atom. The van der Waals surface area contributed by atoms with Crippen molar-refractivity contribution in [3.8, 4) is 0 Å². The Morgan fingerprint density at radius 1 is 1.42 bits per heavy atom. The van der Waals surface area contributed by atoms with E-state index >= 15 is 0 Å². The van der Waals surface area contributed by atoms with Gasteiger partial charge in [0, 0.05) is 16.5 Å². The van der Waals surface area contributed by atoms with Crippen LogP contribution in [0.4, 0.5) is 5.69 Å². The molecule has 3 rings (SSSR count). The summed E-state index contributed by atoms with van der Waals surface area (Å²) in [5.41, 5.74) is 2.36. The highest BCUT2D eigenvalue weighted by Gasteiger charge is 2.26. The molecule has 1 amide bonds. The van der Waals surface area contributed by atoms with Crippen molar-refractivity contribution < 1.29 is 4.79 Å². The number of thioether (sulfide) groups is 1. The molecule has 0 radical (unpaired) electrons. The van der Waals surface area contributed by atoms with Crippen molar-refractivity contribution in [3.63, 3.8) is 0 Å². The van der Waals surface area contributed by atoms with Gasteiger partial charge < -0.3 is 5.32 Å². The molecule has 98 valence electrons. The van der Waals surface area contributed by atoms with Gasteiger partial charge in [-0.1, -0.05) is 12.1 Å². The molecule has 19 heavy (non-hydrogen) atoms. The predicted molar refractivity (Wildman–Crippen MR) is 76.7 cm³/mol. The third-order valence-electron chi connectivity index (χ3n) is 3.20. The van der Waals surface area contributed by atoms with Crippen molar-refractivity contribution in [2.45, 2.75) is 23.7 Å². The Kier molecular flexibility index (Phi) is 3.29. The van der Waals surface area contributed by atoms with E-state index < -0.39 is 0 Å². The summed E-state index contributed by atoms with van der Waals surface area (Å²) < 4.78 is 0. The van der Waals surface area contributed by atoms with E-state index in [2.05, 4.69) is 15.5 Å². The van der Waals surface area contributed by atoms with Crippen molar-refractivity contribution in [2.75, 3.05) is 11.6 Å². The lowest BCUT2D eigenvalue weighted by Crippen LogP contribution is -2.12. The van der Waals surface area contributed by atoms with E-state index in [1.165, 1.54) is 12.8 Å². The maximum absolute atomic E-state index is 12.1. The predicted octanol–water partition coefficient (Wildman–Crippen LogP) is 3.26. The zero-order chi connectivity index (χ0) is 13.2. The third kappa shape index (κ3) is 2.66. The van der Waals surface area contributed by atoms with E-state index in [0.717, 1.165) is 16.3 Å². The first-order chi connectivity index (χ1) is 9.28. The molecule has 0 spiro atoms. The standard InChI is InChI=1S/C14H15N3OS/c1-19-13-5-3-2-4-10(13)15-14(18)12-8-11(16-17-12)9-6-7-9/h2-5,8-9H,6-7H2,1H3,(H,15,18)(H,16,17). The van der Waals surface area contributed by atoms with Crippen molar-refractivity contribution in [2.24, 2.45) is 0 Å². The SMILES string of the molecule is CSc1ccccc1NC(=O)c1cc(C2CC2)[nH]n1. The molecule has 1 aromatic heterocycles. The number of anilines is 1. The summed E-state index contributed by atoms with van der Waals surface area (Å²) in [6, 6.07) is 9.62. The molecule has 0 atom stereocenters. The molecule has 1 fully saturated rings. The average molecular weight is 273 g/mol. The molecule has 0 unspecified atom stereocenters. The van der Waals surface area contributed by atoms with Crippen LogP contribution in [0, 0.1) is 0 Å². The number of hydrogen-bond acceptors (Lipinski definition) is 3. The van der Waals surface area contributed by atoms with Gasteiger partial charge in [-0.2, -0.15) is 5.10 Å². The molecule has 2 aromatic rings. The van der Waals surface area contributed by atoms with Crippen LogP contribution in [0.2, 0.25) is 0 Å². The smallest absolute Gasteiger partial charge is 0.276 e. The minimum absolute atomic E-state index is 0.162. The van der Waals surface area contributed by atoms with Gasteiger partial charge in [0.15, 0.2) is 5.69 Å². The zero-order valence-corrected chi connectivity index (χ0v) is 11.5. The number of amides is 1. The third-order valence-corrected chi connectivity index (χ3v) is 4.00. The largest absolute Gasteiger partial charge is 0.320 e. The monoisotopic (exact) mass is 273 g/mol. The highest BCUT2D eigenvalue weighted by Crippen LogP contribution is 2.39. The van der Waals surface area contributed by atoms with Crippen LogP contribution >= 0.6 is 11.8 Å². The molecule has 4 nitrogen and oxygen atoms in total. The topological polar surface area (TPSA) is 57.8 Å². The summed E-state index contributed by atoms with van der Waals surface area (Å²) in [4.78, 5) is 13.2. The highest BCUT2D eigenvalue weighted by molar-refractivity contribution is 7.98. The van der Waals surface area contributed by atoms with Crippen LogP contribution in [-0.2, 0) is 0 Å².